The Morgan fingerprint density at radius 2 is 2.18 bits per heavy atom. The molecule has 0 unspecified atom stereocenters. The van der Waals surface area contributed by atoms with Crippen LogP contribution in [-0.4, -0.2) is 27.2 Å². The Morgan fingerprint density at radius 1 is 1.59 bits per heavy atom. The van der Waals surface area contributed by atoms with Crippen molar-refractivity contribution in [2.75, 3.05) is 6.54 Å². The molecule has 94 valence electrons. The van der Waals surface area contributed by atoms with Crippen LogP contribution in [0.1, 0.15) is 30.0 Å². The van der Waals surface area contributed by atoms with Gasteiger partial charge in [-0.05, 0) is 12.8 Å². The fourth-order valence-corrected chi connectivity index (χ4v) is 1.50. The van der Waals surface area contributed by atoms with Gasteiger partial charge in [0.05, 0.1) is 4.92 Å². The highest BCUT2D eigenvalue weighted by molar-refractivity contribution is 5.96. The number of rotatable bonds is 4. The maximum atomic E-state index is 11.8. The fraction of sp³-hybridized carbons (Fsp3) is 0.600. The molecule has 0 aromatic carbocycles. The van der Waals surface area contributed by atoms with Gasteiger partial charge in [0.1, 0.15) is 5.69 Å². The summed E-state index contributed by atoms with van der Waals surface area (Å²) in [7, 11) is 1.52. The smallest absolute Gasteiger partial charge is 0.322 e. The van der Waals surface area contributed by atoms with E-state index in [-0.39, 0.29) is 23.0 Å². The second kappa shape index (κ2) is 4.94. The molecule has 0 atom stereocenters. The standard InChI is InChI=1S/C10H16N4O3/c1-6(2)5-11-10(15)9-8(14(16)17)7(3)12-13(9)4/h6H,5H2,1-4H3,(H,11,15). The molecule has 0 aliphatic heterocycles. The van der Waals surface area contributed by atoms with Gasteiger partial charge in [0.25, 0.3) is 5.91 Å². The van der Waals surface area contributed by atoms with Crippen molar-refractivity contribution in [3.63, 3.8) is 0 Å². The predicted molar refractivity (Wildman–Crippen MR) is 61.8 cm³/mol. The van der Waals surface area contributed by atoms with Crippen molar-refractivity contribution in [2.24, 2.45) is 13.0 Å². The topological polar surface area (TPSA) is 90.1 Å². The van der Waals surface area contributed by atoms with Crippen LogP contribution in [0.4, 0.5) is 5.69 Å². The molecule has 1 aromatic rings. The summed E-state index contributed by atoms with van der Waals surface area (Å²) >= 11 is 0. The van der Waals surface area contributed by atoms with E-state index in [0.29, 0.717) is 6.54 Å². The summed E-state index contributed by atoms with van der Waals surface area (Å²) in [5, 5.41) is 17.4. The van der Waals surface area contributed by atoms with Crippen molar-refractivity contribution in [1.82, 2.24) is 15.1 Å². The first-order valence-electron chi connectivity index (χ1n) is 5.30. The van der Waals surface area contributed by atoms with E-state index in [0.717, 1.165) is 0 Å². The average molecular weight is 240 g/mol. The molecule has 0 spiro atoms. The van der Waals surface area contributed by atoms with Crippen LogP contribution in [0.15, 0.2) is 0 Å². The van der Waals surface area contributed by atoms with Gasteiger partial charge in [-0.25, -0.2) is 0 Å². The maximum absolute atomic E-state index is 11.8. The van der Waals surface area contributed by atoms with Crippen LogP contribution in [0.3, 0.4) is 0 Å². The summed E-state index contributed by atoms with van der Waals surface area (Å²) in [6.45, 7) is 5.88. The fourth-order valence-electron chi connectivity index (χ4n) is 1.50. The second-order valence-corrected chi connectivity index (χ2v) is 4.27. The second-order valence-electron chi connectivity index (χ2n) is 4.27. The zero-order valence-electron chi connectivity index (χ0n) is 10.4. The summed E-state index contributed by atoms with van der Waals surface area (Å²) < 4.78 is 1.24. The van der Waals surface area contributed by atoms with Gasteiger partial charge in [0.15, 0.2) is 0 Å². The minimum Gasteiger partial charge on any atom is -0.350 e. The molecule has 7 heteroatoms. The summed E-state index contributed by atoms with van der Waals surface area (Å²) in [4.78, 5) is 22.1. The Morgan fingerprint density at radius 3 is 2.65 bits per heavy atom. The number of hydrogen-bond acceptors (Lipinski definition) is 4. The molecule has 0 saturated heterocycles. The highest BCUT2D eigenvalue weighted by atomic mass is 16.6. The van der Waals surface area contributed by atoms with Crippen LogP contribution in [0.5, 0.6) is 0 Å². The summed E-state index contributed by atoms with van der Waals surface area (Å²) in [5.74, 6) is -0.180. The van der Waals surface area contributed by atoms with Gasteiger partial charge in [-0.2, -0.15) is 5.10 Å². The van der Waals surface area contributed by atoms with Crippen LogP contribution < -0.4 is 5.32 Å². The third-order valence-corrected chi connectivity index (χ3v) is 2.26. The van der Waals surface area contributed by atoms with Crippen molar-refractivity contribution < 1.29 is 9.72 Å². The molecule has 0 bridgehead atoms. The third-order valence-electron chi connectivity index (χ3n) is 2.26. The lowest BCUT2D eigenvalue weighted by Gasteiger charge is -2.07. The van der Waals surface area contributed by atoms with Crippen molar-refractivity contribution in [3.05, 3.63) is 21.5 Å². The lowest BCUT2D eigenvalue weighted by atomic mass is 10.2. The molecular weight excluding hydrogens is 224 g/mol. The summed E-state index contributed by atoms with van der Waals surface area (Å²) in [5.41, 5.74) is 0.00843. The van der Waals surface area contributed by atoms with Crippen molar-refractivity contribution in [3.8, 4) is 0 Å². The lowest BCUT2D eigenvalue weighted by Crippen LogP contribution is -2.29. The summed E-state index contributed by atoms with van der Waals surface area (Å²) in [6, 6.07) is 0. The number of carbonyl (C=O) groups is 1. The highest BCUT2D eigenvalue weighted by Gasteiger charge is 2.28. The van der Waals surface area contributed by atoms with Gasteiger partial charge in [0.2, 0.25) is 5.69 Å². The Hall–Kier alpha value is -1.92. The van der Waals surface area contributed by atoms with E-state index in [9.17, 15) is 14.9 Å². The first-order valence-corrected chi connectivity index (χ1v) is 5.30. The first kappa shape index (κ1) is 13.1. The molecule has 7 nitrogen and oxygen atoms in total. The highest BCUT2D eigenvalue weighted by Crippen LogP contribution is 2.21. The molecule has 1 rings (SSSR count). The Kier molecular flexibility index (Phi) is 3.82. The molecule has 0 aliphatic carbocycles. The quantitative estimate of drug-likeness (QED) is 0.628. The molecule has 0 aliphatic rings. The SMILES string of the molecule is Cc1nn(C)c(C(=O)NCC(C)C)c1[N+](=O)[O-]. The van der Waals surface area contributed by atoms with Crippen LogP contribution in [-0.2, 0) is 7.05 Å². The molecule has 0 radical (unpaired) electrons. The van der Waals surface area contributed by atoms with Gasteiger partial charge >= 0.3 is 5.69 Å². The third kappa shape index (κ3) is 2.80. The van der Waals surface area contributed by atoms with E-state index < -0.39 is 10.8 Å². The normalized spacial score (nSPS) is 10.6. The zero-order chi connectivity index (χ0) is 13.2. The molecule has 0 saturated carbocycles. The van der Waals surface area contributed by atoms with E-state index in [1.54, 1.807) is 0 Å². The number of nitrogens with one attached hydrogen (secondary N) is 1. The number of aryl methyl sites for hydroxylation is 2. The monoisotopic (exact) mass is 240 g/mol. The Balaban J connectivity index is 3.04. The molecule has 1 N–H and O–H groups in total. The molecule has 1 amide bonds. The van der Waals surface area contributed by atoms with E-state index >= 15 is 0 Å². The van der Waals surface area contributed by atoms with Crippen molar-refractivity contribution in [1.29, 1.82) is 0 Å². The van der Waals surface area contributed by atoms with Gasteiger partial charge in [-0.3, -0.25) is 19.6 Å². The van der Waals surface area contributed by atoms with Crippen LogP contribution in [0.25, 0.3) is 0 Å². The number of hydrogen-bond donors (Lipinski definition) is 1. The zero-order valence-corrected chi connectivity index (χ0v) is 10.4. The van der Waals surface area contributed by atoms with E-state index in [2.05, 4.69) is 10.4 Å². The minimum atomic E-state index is -0.577. The molecule has 1 heterocycles. The lowest BCUT2D eigenvalue weighted by molar-refractivity contribution is -0.385. The van der Waals surface area contributed by atoms with Crippen LogP contribution >= 0.6 is 0 Å². The van der Waals surface area contributed by atoms with Crippen LogP contribution in [0.2, 0.25) is 0 Å². The van der Waals surface area contributed by atoms with Crippen molar-refractivity contribution in [2.45, 2.75) is 20.8 Å². The van der Waals surface area contributed by atoms with Gasteiger partial charge in [0, 0.05) is 13.6 Å². The predicted octanol–water partition coefficient (Wildman–Crippen LogP) is 1.02. The largest absolute Gasteiger partial charge is 0.350 e. The number of nitrogens with zero attached hydrogens (tertiary/aromatic N) is 3. The number of aromatic nitrogens is 2. The molecule has 0 fully saturated rings. The van der Waals surface area contributed by atoms with Crippen molar-refractivity contribution >= 4 is 11.6 Å². The number of nitro groups is 1. The molecule has 17 heavy (non-hydrogen) atoms. The summed E-state index contributed by atoms with van der Waals surface area (Å²) in [6.07, 6.45) is 0. The number of carbonyl (C=O) groups excluding carboxylic acids is 1. The molecule has 1 aromatic heterocycles. The Bertz CT molecular complexity index is 451. The van der Waals surface area contributed by atoms with Gasteiger partial charge < -0.3 is 5.32 Å². The van der Waals surface area contributed by atoms with E-state index in [1.165, 1.54) is 18.7 Å². The average Bonchev–Trinajstić information content (AvgIpc) is 2.49. The van der Waals surface area contributed by atoms with E-state index in [1.807, 2.05) is 13.8 Å². The van der Waals surface area contributed by atoms with Gasteiger partial charge in [-0.15, -0.1) is 0 Å². The first-order chi connectivity index (χ1) is 7.84. The van der Waals surface area contributed by atoms with Gasteiger partial charge in [-0.1, -0.05) is 13.8 Å². The van der Waals surface area contributed by atoms with E-state index in [4.69, 9.17) is 0 Å². The van der Waals surface area contributed by atoms with Crippen LogP contribution in [0, 0.1) is 23.0 Å². The number of amides is 1. The Labute approximate surface area is 99.0 Å². The minimum absolute atomic E-state index is 0.00634. The molecular formula is C10H16N4O3. The maximum Gasteiger partial charge on any atom is 0.322 e.